The number of rotatable bonds is 5. The van der Waals surface area contributed by atoms with Crippen LogP contribution in [0.1, 0.15) is 27.5 Å². The molecule has 0 aliphatic heterocycles. The molecule has 2 aromatic heterocycles. The fraction of sp³-hybridized carbons (Fsp3) is 0.0870. The Morgan fingerprint density at radius 1 is 0.929 bits per heavy atom. The first-order valence-corrected chi connectivity index (χ1v) is 9.08. The van der Waals surface area contributed by atoms with Gasteiger partial charge in [0.25, 0.3) is 11.5 Å². The van der Waals surface area contributed by atoms with Gasteiger partial charge in [-0.2, -0.15) is 0 Å². The number of hydrogen-bond acceptors (Lipinski definition) is 3. The largest absolute Gasteiger partial charge is 0.345 e. The molecule has 0 saturated carbocycles. The zero-order valence-corrected chi connectivity index (χ0v) is 15.2. The molecule has 2 aromatic carbocycles. The Kier molecular flexibility index (Phi) is 4.97. The fourth-order valence-corrected chi connectivity index (χ4v) is 3.21. The van der Waals surface area contributed by atoms with Crippen molar-refractivity contribution >= 4 is 11.6 Å². The van der Waals surface area contributed by atoms with Crippen molar-refractivity contribution in [3.05, 3.63) is 118 Å². The Morgan fingerprint density at radius 3 is 2.36 bits per heavy atom. The lowest BCUT2D eigenvalue weighted by Crippen LogP contribution is -2.35. The molecular weight excluding hydrogens is 350 g/mol. The van der Waals surface area contributed by atoms with Gasteiger partial charge in [0.15, 0.2) is 0 Å². The average Bonchev–Trinajstić information content (AvgIpc) is 2.75. The summed E-state index contributed by atoms with van der Waals surface area (Å²) in [6.45, 7) is 0. The summed E-state index contributed by atoms with van der Waals surface area (Å²) in [6, 6.07) is 24.7. The van der Waals surface area contributed by atoms with Crippen molar-refractivity contribution in [2.75, 3.05) is 0 Å². The molecule has 0 spiro atoms. The molecule has 4 rings (SSSR count). The third kappa shape index (κ3) is 3.69. The standard InChI is InChI=1S/C23H19N3O2/c27-22(19-16-24-21-13-7-8-14-26(21)23(19)28)25-20(18-11-5-2-6-12-18)15-17-9-3-1-4-10-17/h1-14,16,20H,15H2,(H,25,27)/t20-/m1/s1. The number of carbonyl (C=O) groups excluding carboxylic acids is 1. The molecule has 28 heavy (non-hydrogen) atoms. The maximum Gasteiger partial charge on any atom is 0.270 e. The minimum Gasteiger partial charge on any atom is -0.345 e. The quantitative estimate of drug-likeness (QED) is 0.586. The zero-order valence-electron chi connectivity index (χ0n) is 15.2. The number of aromatic nitrogens is 2. The van der Waals surface area contributed by atoms with Crippen molar-refractivity contribution in [2.24, 2.45) is 0 Å². The Hall–Kier alpha value is -3.73. The maximum absolute atomic E-state index is 12.9. The van der Waals surface area contributed by atoms with Gasteiger partial charge in [-0.25, -0.2) is 4.98 Å². The molecule has 0 radical (unpaired) electrons. The van der Waals surface area contributed by atoms with E-state index in [1.165, 1.54) is 10.6 Å². The van der Waals surface area contributed by atoms with Crippen LogP contribution in [0, 0.1) is 0 Å². The molecule has 0 unspecified atom stereocenters. The van der Waals surface area contributed by atoms with Gasteiger partial charge < -0.3 is 5.32 Å². The summed E-state index contributed by atoms with van der Waals surface area (Å²) in [4.78, 5) is 29.9. The highest BCUT2D eigenvalue weighted by atomic mass is 16.2. The van der Waals surface area contributed by atoms with Crippen molar-refractivity contribution in [3.63, 3.8) is 0 Å². The lowest BCUT2D eigenvalue weighted by atomic mass is 9.98. The summed E-state index contributed by atoms with van der Waals surface area (Å²) in [7, 11) is 0. The van der Waals surface area contributed by atoms with E-state index in [9.17, 15) is 9.59 Å². The first-order chi connectivity index (χ1) is 13.7. The van der Waals surface area contributed by atoms with Crippen LogP contribution in [0.25, 0.3) is 5.65 Å². The van der Waals surface area contributed by atoms with E-state index in [-0.39, 0.29) is 17.2 Å². The van der Waals surface area contributed by atoms with Crippen LogP contribution in [-0.2, 0) is 6.42 Å². The van der Waals surface area contributed by atoms with Crippen molar-refractivity contribution in [1.82, 2.24) is 14.7 Å². The van der Waals surface area contributed by atoms with Gasteiger partial charge in [0, 0.05) is 12.4 Å². The Bertz CT molecular complexity index is 1150. The average molecular weight is 369 g/mol. The molecule has 5 nitrogen and oxygen atoms in total. The normalized spacial score (nSPS) is 11.9. The van der Waals surface area contributed by atoms with Crippen LogP contribution in [0.5, 0.6) is 0 Å². The number of fused-ring (bicyclic) bond motifs is 1. The second-order valence-corrected chi connectivity index (χ2v) is 6.53. The summed E-state index contributed by atoms with van der Waals surface area (Å²) in [5, 5.41) is 3.01. The number of pyridine rings is 1. The van der Waals surface area contributed by atoms with Crippen molar-refractivity contribution in [2.45, 2.75) is 12.5 Å². The van der Waals surface area contributed by atoms with E-state index < -0.39 is 5.91 Å². The van der Waals surface area contributed by atoms with Gasteiger partial charge in [0.05, 0.1) is 6.04 Å². The molecule has 0 fully saturated rings. The SMILES string of the molecule is O=C(N[C@H](Cc1ccccc1)c1ccccc1)c1cnc2ccccn2c1=O. The number of hydrogen-bond donors (Lipinski definition) is 1. The van der Waals surface area contributed by atoms with E-state index in [1.54, 1.807) is 24.4 Å². The molecule has 0 aliphatic carbocycles. The molecule has 4 aromatic rings. The van der Waals surface area contributed by atoms with E-state index in [2.05, 4.69) is 10.3 Å². The lowest BCUT2D eigenvalue weighted by molar-refractivity contribution is 0.0934. The smallest absolute Gasteiger partial charge is 0.270 e. The molecule has 1 N–H and O–H groups in total. The number of carbonyl (C=O) groups is 1. The highest BCUT2D eigenvalue weighted by molar-refractivity contribution is 5.94. The molecule has 0 saturated heterocycles. The first-order valence-electron chi connectivity index (χ1n) is 9.08. The number of nitrogens with zero attached hydrogens (tertiary/aromatic N) is 2. The first kappa shape index (κ1) is 17.7. The monoisotopic (exact) mass is 369 g/mol. The van der Waals surface area contributed by atoms with Gasteiger partial charge >= 0.3 is 0 Å². The van der Waals surface area contributed by atoms with Gasteiger partial charge in [0.2, 0.25) is 0 Å². The molecule has 5 heteroatoms. The second-order valence-electron chi connectivity index (χ2n) is 6.53. The predicted octanol–water partition coefficient (Wildman–Crippen LogP) is 3.41. The summed E-state index contributed by atoms with van der Waals surface area (Å²) < 4.78 is 1.38. The van der Waals surface area contributed by atoms with Gasteiger partial charge in [0.1, 0.15) is 11.2 Å². The minimum atomic E-state index is -0.430. The van der Waals surface area contributed by atoms with Crippen LogP contribution in [0.3, 0.4) is 0 Å². The molecule has 1 atom stereocenters. The van der Waals surface area contributed by atoms with Gasteiger partial charge in [-0.3, -0.25) is 14.0 Å². The molecule has 2 heterocycles. The van der Waals surface area contributed by atoms with Crippen LogP contribution >= 0.6 is 0 Å². The summed E-state index contributed by atoms with van der Waals surface area (Å²) >= 11 is 0. The van der Waals surface area contributed by atoms with E-state index in [0.717, 1.165) is 11.1 Å². The number of nitrogens with one attached hydrogen (secondary N) is 1. The molecular formula is C23H19N3O2. The van der Waals surface area contributed by atoms with Crippen LogP contribution in [0.2, 0.25) is 0 Å². The van der Waals surface area contributed by atoms with Crippen molar-refractivity contribution in [1.29, 1.82) is 0 Å². The van der Waals surface area contributed by atoms with Crippen molar-refractivity contribution in [3.8, 4) is 0 Å². The highest BCUT2D eigenvalue weighted by Gasteiger charge is 2.19. The molecule has 0 bridgehead atoms. The third-order valence-corrected chi connectivity index (χ3v) is 4.65. The predicted molar refractivity (Wildman–Crippen MR) is 108 cm³/mol. The fourth-order valence-electron chi connectivity index (χ4n) is 3.21. The second kappa shape index (κ2) is 7.88. The molecule has 0 aliphatic rings. The minimum absolute atomic E-state index is 0.0256. The van der Waals surface area contributed by atoms with Crippen LogP contribution < -0.4 is 10.9 Å². The van der Waals surface area contributed by atoms with Gasteiger partial charge in [-0.05, 0) is 29.7 Å². The lowest BCUT2D eigenvalue weighted by Gasteiger charge is -2.19. The summed E-state index contributed by atoms with van der Waals surface area (Å²) in [5.41, 5.74) is 2.24. The van der Waals surface area contributed by atoms with E-state index in [1.807, 2.05) is 60.7 Å². The molecule has 1 amide bonds. The van der Waals surface area contributed by atoms with Crippen molar-refractivity contribution < 1.29 is 4.79 Å². The maximum atomic E-state index is 12.9. The van der Waals surface area contributed by atoms with E-state index in [0.29, 0.717) is 12.1 Å². The summed E-state index contributed by atoms with van der Waals surface area (Å²) in [5.74, 6) is -0.430. The number of amides is 1. The highest BCUT2D eigenvalue weighted by Crippen LogP contribution is 2.19. The van der Waals surface area contributed by atoms with E-state index in [4.69, 9.17) is 0 Å². The Morgan fingerprint density at radius 2 is 1.61 bits per heavy atom. The third-order valence-electron chi connectivity index (χ3n) is 4.65. The Labute approximate surface area is 162 Å². The zero-order chi connectivity index (χ0) is 19.3. The van der Waals surface area contributed by atoms with Crippen LogP contribution in [0.4, 0.5) is 0 Å². The Balaban J connectivity index is 1.66. The molecule has 138 valence electrons. The van der Waals surface area contributed by atoms with Crippen LogP contribution in [0.15, 0.2) is 96.1 Å². The number of benzene rings is 2. The van der Waals surface area contributed by atoms with Gasteiger partial charge in [-0.1, -0.05) is 66.7 Å². The van der Waals surface area contributed by atoms with Gasteiger partial charge in [-0.15, -0.1) is 0 Å². The van der Waals surface area contributed by atoms with E-state index >= 15 is 0 Å². The topological polar surface area (TPSA) is 63.5 Å². The summed E-state index contributed by atoms with van der Waals surface area (Å²) in [6.07, 6.45) is 3.58. The van der Waals surface area contributed by atoms with Crippen LogP contribution in [-0.4, -0.2) is 15.3 Å².